The van der Waals surface area contributed by atoms with Gasteiger partial charge in [0.05, 0.1) is 17.8 Å². The minimum absolute atomic E-state index is 0.0429. The number of β-amino-alcohol motifs (C(OH)–C–C–N with tert-alkyl or cyclic N) is 1. The number of carbonyl (C=O) groups is 1. The number of amides is 1. The van der Waals surface area contributed by atoms with Crippen LogP contribution in [0.1, 0.15) is 18.9 Å². The molecule has 0 spiro atoms. The third-order valence-corrected chi connectivity index (χ3v) is 4.16. The third kappa shape index (κ3) is 3.55. The molecule has 2 rings (SSSR count). The minimum atomic E-state index is -0.304. The number of nitrogens with one attached hydrogen (secondary N) is 1. The highest BCUT2D eigenvalue weighted by Crippen LogP contribution is 2.24. The average Bonchev–Trinajstić information content (AvgIpc) is 2.78. The number of rotatable bonds is 3. The number of hydrogen-bond donors (Lipinski definition) is 2. The molecule has 1 unspecified atom stereocenters. The first kappa shape index (κ1) is 14.5. The summed E-state index contributed by atoms with van der Waals surface area (Å²) in [5.74, 6) is -0.0429. The first-order valence-corrected chi connectivity index (χ1v) is 7.26. The van der Waals surface area contributed by atoms with Crippen LogP contribution in [0.3, 0.4) is 0 Å². The van der Waals surface area contributed by atoms with E-state index in [1.54, 1.807) is 0 Å². The molecule has 0 saturated carbocycles. The van der Waals surface area contributed by atoms with E-state index in [0.29, 0.717) is 6.54 Å². The Bertz CT molecular complexity index is 479. The van der Waals surface area contributed by atoms with Crippen molar-refractivity contribution < 1.29 is 9.90 Å². The summed E-state index contributed by atoms with van der Waals surface area (Å²) < 4.78 is 0.884. The highest BCUT2D eigenvalue weighted by Gasteiger charge is 2.28. The molecule has 1 fully saturated rings. The molecule has 0 bridgehead atoms. The molecule has 0 aliphatic carbocycles. The van der Waals surface area contributed by atoms with Gasteiger partial charge in [-0.05, 0) is 53.9 Å². The van der Waals surface area contributed by atoms with Gasteiger partial charge in [-0.2, -0.15) is 0 Å². The van der Waals surface area contributed by atoms with Crippen molar-refractivity contribution in [2.75, 3.05) is 18.4 Å². The van der Waals surface area contributed by atoms with Gasteiger partial charge in [0.15, 0.2) is 0 Å². The highest BCUT2D eigenvalue weighted by molar-refractivity contribution is 9.10. The van der Waals surface area contributed by atoms with E-state index in [1.807, 2.05) is 36.9 Å². The van der Waals surface area contributed by atoms with E-state index in [0.717, 1.165) is 28.7 Å². The van der Waals surface area contributed by atoms with Gasteiger partial charge in [-0.15, -0.1) is 0 Å². The Balaban J connectivity index is 2.00. The molecule has 0 aromatic heterocycles. The predicted molar refractivity (Wildman–Crippen MR) is 79.2 cm³/mol. The summed E-state index contributed by atoms with van der Waals surface area (Å²) in [7, 11) is 0. The molecule has 1 aromatic rings. The van der Waals surface area contributed by atoms with Gasteiger partial charge in [0, 0.05) is 17.6 Å². The topological polar surface area (TPSA) is 52.6 Å². The molecule has 4 nitrogen and oxygen atoms in total. The van der Waals surface area contributed by atoms with Gasteiger partial charge in [-0.25, -0.2) is 0 Å². The van der Waals surface area contributed by atoms with Crippen molar-refractivity contribution >= 4 is 27.5 Å². The lowest BCUT2D eigenvalue weighted by Crippen LogP contribution is -2.41. The number of anilines is 1. The zero-order chi connectivity index (χ0) is 14.0. The van der Waals surface area contributed by atoms with Crippen LogP contribution >= 0.6 is 15.9 Å². The zero-order valence-electron chi connectivity index (χ0n) is 11.2. The van der Waals surface area contributed by atoms with E-state index in [-0.39, 0.29) is 18.1 Å². The van der Waals surface area contributed by atoms with Crippen molar-refractivity contribution in [3.05, 3.63) is 28.2 Å². The van der Waals surface area contributed by atoms with Crippen LogP contribution in [0.15, 0.2) is 22.7 Å². The van der Waals surface area contributed by atoms with E-state index in [1.165, 1.54) is 0 Å². The number of aryl methyl sites for hydroxylation is 1. The normalized spacial score (nSPS) is 21.4. The Hall–Kier alpha value is -0.910. The standard InChI is InChI=1S/C14H19BrN2O2/c1-9-3-4-13(12(15)7-9)16-14(19)10(2)17-6-5-11(18)8-17/h3-4,7,10-11,18H,5-6,8H2,1-2H3,(H,16,19)/t10?,11-/m0/s1. The predicted octanol–water partition coefficient (Wildman–Crippen LogP) is 2.15. The molecule has 1 aliphatic heterocycles. The highest BCUT2D eigenvalue weighted by atomic mass is 79.9. The molecule has 1 saturated heterocycles. The molecule has 1 amide bonds. The Morgan fingerprint density at radius 3 is 2.89 bits per heavy atom. The van der Waals surface area contributed by atoms with Crippen LogP contribution in [-0.2, 0) is 4.79 Å². The molecule has 1 heterocycles. The number of aliphatic hydroxyl groups excluding tert-OH is 1. The van der Waals surface area contributed by atoms with Crippen LogP contribution in [0.5, 0.6) is 0 Å². The first-order chi connectivity index (χ1) is 8.97. The van der Waals surface area contributed by atoms with Crippen LogP contribution in [0.2, 0.25) is 0 Å². The number of benzene rings is 1. The third-order valence-electron chi connectivity index (χ3n) is 3.50. The van der Waals surface area contributed by atoms with Crippen molar-refractivity contribution in [1.29, 1.82) is 0 Å². The van der Waals surface area contributed by atoms with E-state index in [2.05, 4.69) is 21.2 Å². The van der Waals surface area contributed by atoms with Gasteiger partial charge in [0.25, 0.3) is 0 Å². The molecule has 1 aliphatic rings. The van der Waals surface area contributed by atoms with E-state index in [4.69, 9.17) is 0 Å². The monoisotopic (exact) mass is 326 g/mol. The maximum absolute atomic E-state index is 12.2. The summed E-state index contributed by atoms with van der Waals surface area (Å²) in [6.07, 6.45) is 0.438. The lowest BCUT2D eigenvalue weighted by Gasteiger charge is -2.23. The molecule has 0 radical (unpaired) electrons. The maximum Gasteiger partial charge on any atom is 0.241 e. The molecular weight excluding hydrogens is 308 g/mol. The average molecular weight is 327 g/mol. The molecular formula is C14H19BrN2O2. The molecule has 2 N–H and O–H groups in total. The molecule has 1 aromatic carbocycles. The largest absolute Gasteiger partial charge is 0.392 e. The fourth-order valence-corrected chi connectivity index (χ4v) is 2.84. The van der Waals surface area contributed by atoms with Gasteiger partial charge in [0.2, 0.25) is 5.91 Å². The van der Waals surface area contributed by atoms with Crippen LogP contribution < -0.4 is 5.32 Å². The Morgan fingerprint density at radius 1 is 1.58 bits per heavy atom. The van der Waals surface area contributed by atoms with Gasteiger partial charge in [0.1, 0.15) is 0 Å². The summed E-state index contributed by atoms with van der Waals surface area (Å²) in [6, 6.07) is 5.60. The van der Waals surface area contributed by atoms with E-state index in [9.17, 15) is 9.90 Å². The van der Waals surface area contributed by atoms with Crippen molar-refractivity contribution in [2.24, 2.45) is 0 Å². The smallest absolute Gasteiger partial charge is 0.241 e. The number of aliphatic hydroxyl groups is 1. The number of nitrogens with zero attached hydrogens (tertiary/aromatic N) is 1. The summed E-state index contributed by atoms with van der Waals surface area (Å²) in [5.41, 5.74) is 1.92. The van der Waals surface area contributed by atoms with Crippen molar-refractivity contribution in [3.8, 4) is 0 Å². The SMILES string of the molecule is Cc1ccc(NC(=O)C(C)N2CC[C@H](O)C2)c(Br)c1. The van der Waals surface area contributed by atoms with Crippen LogP contribution in [0.4, 0.5) is 5.69 Å². The Labute approximate surface area is 121 Å². The molecule has 2 atom stereocenters. The summed E-state index contributed by atoms with van der Waals surface area (Å²) in [6.45, 7) is 5.22. The number of hydrogen-bond acceptors (Lipinski definition) is 3. The van der Waals surface area contributed by atoms with E-state index >= 15 is 0 Å². The summed E-state index contributed by atoms with van der Waals surface area (Å²) in [4.78, 5) is 14.2. The number of carbonyl (C=O) groups excluding carboxylic acids is 1. The van der Waals surface area contributed by atoms with Crippen molar-refractivity contribution in [3.63, 3.8) is 0 Å². The summed E-state index contributed by atoms with van der Waals surface area (Å²) >= 11 is 3.45. The van der Waals surface area contributed by atoms with Gasteiger partial charge in [-0.1, -0.05) is 6.07 Å². The number of halogens is 1. The number of likely N-dealkylation sites (tertiary alicyclic amines) is 1. The second-order valence-electron chi connectivity index (χ2n) is 5.09. The minimum Gasteiger partial charge on any atom is -0.392 e. The Kier molecular flexibility index (Phi) is 4.60. The second kappa shape index (κ2) is 6.03. The first-order valence-electron chi connectivity index (χ1n) is 6.46. The quantitative estimate of drug-likeness (QED) is 0.894. The van der Waals surface area contributed by atoms with Crippen LogP contribution in [-0.4, -0.2) is 41.1 Å². The van der Waals surface area contributed by atoms with Gasteiger partial charge >= 0.3 is 0 Å². The fraction of sp³-hybridized carbons (Fsp3) is 0.500. The van der Waals surface area contributed by atoms with Crippen LogP contribution in [0, 0.1) is 6.92 Å². The van der Waals surface area contributed by atoms with Crippen molar-refractivity contribution in [2.45, 2.75) is 32.4 Å². The summed E-state index contributed by atoms with van der Waals surface area (Å²) in [5, 5.41) is 12.4. The second-order valence-corrected chi connectivity index (χ2v) is 5.94. The Morgan fingerprint density at radius 2 is 2.32 bits per heavy atom. The molecule has 19 heavy (non-hydrogen) atoms. The lowest BCUT2D eigenvalue weighted by atomic mass is 10.2. The lowest BCUT2D eigenvalue weighted by molar-refractivity contribution is -0.120. The van der Waals surface area contributed by atoms with Crippen LogP contribution in [0.25, 0.3) is 0 Å². The molecule has 104 valence electrons. The fourth-order valence-electron chi connectivity index (χ4n) is 2.24. The maximum atomic E-state index is 12.2. The van der Waals surface area contributed by atoms with Crippen molar-refractivity contribution in [1.82, 2.24) is 4.90 Å². The van der Waals surface area contributed by atoms with Gasteiger partial charge in [-0.3, -0.25) is 9.69 Å². The van der Waals surface area contributed by atoms with E-state index < -0.39 is 0 Å². The molecule has 5 heteroatoms. The van der Waals surface area contributed by atoms with Gasteiger partial charge < -0.3 is 10.4 Å². The zero-order valence-corrected chi connectivity index (χ0v) is 12.8.